The molecule has 0 aliphatic heterocycles. The van der Waals surface area contributed by atoms with Crippen molar-refractivity contribution in [3.8, 4) is 0 Å². The molecule has 0 saturated heterocycles. The van der Waals surface area contributed by atoms with Crippen LogP contribution in [0.25, 0.3) is 0 Å². The van der Waals surface area contributed by atoms with Crippen molar-refractivity contribution in [2.45, 2.75) is 64.0 Å². The molecule has 0 aliphatic rings. The minimum Gasteiger partial charge on any atom is -0.398 e. The molecule has 2 nitrogen and oxygen atoms in total. The number of carbonyl (C=O) groups excluding carboxylic acids is 1. The molecule has 1 aromatic carbocycles. The third-order valence-corrected chi connectivity index (χ3v) is 4.71. The second-order valence-corrected chi connectivity index (χ2v) is 12.0. The molecule has 0 fully saturated rings. The number of halogens is 3. The first-order valence-corrected chi connectivity index (χ1v) is 11.0. The standard InChI is InChI=1S/C17H25F3O2Si/c1-13(21)16(17(18,19)20,22-23(4,5)6)12-15(2,3)14-10-8-7-9-11-14/h7-11H,12H2,1-6H3. The molecule has 0 radical (unpaired) electrons. The zero-order valence-corrected chi connectivity index (χ0v) is 15.5. The fourth-order valence-corrected chi connectivity index (χ4v) is 4.10. The molecule has 0 aromatic heterocycles. The molecule has 23 heavy (non-hydrogen) atoms. The molecular weight excluding hydrogens is 321 g/mol. The van der Waals surface area contributed by atoms with Crippen molar-refractivity contribution in [2.24, 2.45) is 0 Å². The first kappa shape index (κ1) is 19.9. The highest BCUT2D eigenvalue weighted by molar-refractivity contribution is 6.70. The van der Waals surface area contributed by atoms with Crippen molar-refractivity contribution < 1.29 is 22.4 Å². The summed E-state index contributed by atoms with van der Waals surface area (Å²) in [5, 5.41) is 0. The van der Waals surface area contributed by atoms with Gasteiger partial charge in [0.2, 0.25) is 5.60 Å². The molecule has 1 unspecified atom stereocenters. The van der Waals surface area contributed by atoms with Crippen LogP contribution in [0.2, 0.25) is 19.6 Å². The van der Waals surface area contributed by atoms with Crippen molar-refractivity contribution in [2.75, 3.05) is 0 Å². The van der Waals surface area contributed by atoms with Gasteiger partial charge < -0.3 is 4.43 Å². The lowest BCUT2D eigenvalue weighted by atomic mass is 9.74. The Balaban J connectivity index is 3.38. The Morgan fingerprint density at radius 2 is 1.57 bits per heavy atom. The molecule has 6 heteroatoms. The second-order valence-electron chi connectivity index (χ2n) is 7.52. The molecular formula is C17H25F3O2Si. The van der Waals surface area contributed by atoms with Crippen LogP contribution < -0.4 is 0 Å². The second kappa shape index (κ2) is 6.40. The third kappa shape index (κ3) is 4.67. The van der Waals surface area contributed by atoms with E-state index in [1.165, 1.54) is 0 Å². The minimum absolute atomic E-state index is 0.437. The number of hydrogen-bond acceptors (Lipinski definition) is 2. The third-order valence-electron chi connectivity index (χ3n) is 3.75. The smallest absolute Gasteiger partial charge is 0.398 e. The minimum atomic E-state index is -4.76. The van der Waals surface area contributed by atoms with Crippen LogP contribution in [0.15, 0.2) is 30.3 Å². The number of ketones is 1. The van der Waals surface area contributed by atoms with Crippen LogP contribution in [-0.2, 0) is 14.6 Å². The van der Waals surface area contributed by atoms with Gasteiger partial charge in [-0.1, -0.05) is 44.2 Å². The van der Waals surface area contributed by atoms with Gasteiger partial charge in [-0.15, -0.1) is 0 Å². The van der Waals surface area contributed by atoms with Gasteiger partial charge in [0.25, 0.3) is 0 Å². The summed E-state index contributed by atoms with van der Waals surface area (Å²) in [5.74, 6) is -0.989. The van der Waals surface area contributed by atoms with E-state index >= 15 is 0 Å². The van der Waals surface area contributed by atoms with E-state index in [9.17, 15) is 18.0 Å². The fraction of sp³-hybridized carbons (Fsp3) is 0.588. The van der Waals surface area contributed by atoms with Crippen LogP contribution in [0, 0.1) is 0 Å². The summed E-state index contributed by atoms with van der Waals surface area (Å²) in [4.78, 5) is 12.1. The van der Waals surface area contributed by atoms with E-state index in [-0.39, 0.29) is 0 Å². The van der Waals surface area contributed by atoms with Crippen LogP contribution in [0.4, 0.5) is 13.2 Å². The fourth-order valence-electron chi connectivity index (χ4n) is 2.73. The Kier molecular flexibility index (Phi) is 5.53. The first-order chi connectivity index (χ1) is 10.2. The van der Waals surface area contributed by atoms with Gasteiger partial charge in [-0.3, -0.25) is 4.79 Å². The molecule has 0 N–H and O–H groups in total. The lowest BCUT2D eigenvalue weighted by Gasteiger charge is -2.43. The summed E-state index contributed by atoms with van der Waals surface area (Å²) >= 11 is 0. The van der Waals surface area contributed by atoms with Gasteiger partial charge >= 0.3 is 6.18 Å². The Morgan fingerprint density at radius 1 is 1.09 bits per heavy atom. The SMILES string of the molecule is CC(=O)C(CC(C)(C)c1ccccc1)(O[Si](C)(C)C)C(F)(F)F. The number of Topliss-reactive ketones (excluding diaryl/α,β-unsaturated/α-hetero) is 1. The average Bonchev–Trinajstić information content (AvgIpc) is 2.35. The van der Waals surface area contributed by atoms with Crippen LogP contribution in [0.1, 0.15) is 32.8 Å². The van der Waals surface area contributed by atoms with Gasteiger partial charge in [-0.25, -0.2) is 0 Å². The number of hydrogen-bond donors (Lipinski definition) is 0. The summed E-state index contributed by atoms with van der Waals surface area (Å²) in [5.41, 5.74) is -2.88. The molecule has 1 rings (SSSR count). The van der Waals surface area contributed by atoms with E-state index in [1.54, 1.807) is 63.8 Å². The largest absolute Gasteiger partial charge is 0.423 e. The maximum Gasteiger partial charge on any atom is 0.423 e. The summed E-state index contributed by atoms with van der Waals surface area (Å²) in [6, 6.07) is 8.91. The van der Waals surface area contributed by atoms with E-state index in [2.05, 4.69) is 0 Å². The zero-order chi connectivity index (χ0) is 18.1. The summed E-state index contributed by atoms with van der Waals surface area (Å²) in [6.45, 7) is 9.36. The molecule has 1 atom stereocenters. The number of benzene rings is 1. The van der Waals surface area contributed by atoms with Crippen molar-refractivity contribution in [1.82, 2.24) is 0 Å². The number of alkyl halides is 3. The first-order valence-electron chi connectivity index (χ1n) is 7.55. The molecule has 0 saturated carbocycles. The highest BCUT2D eigenvalue weighted by Gasteiger charge is 2.62. The van der Waals surface area contributed by atoms with Gasteiger partial charge in [0.05, 0.1) is 0 Å². The van der Waals surface area contributed by atoms with E-state index in [1.807, 2.05) is 0 Å². The zero-order valence-electron chi connectivity index (χ0n) is 14.5. The van der Waals surface area contributed by atoms with E-state index in [0.29, 0.717) is 0 Å². The Morgan fingerprint density at radius 3 is 1.91 bits per heavy atom. The summed E-state index contributed by atoms with van der Waals surface area (Å²) < 4.78 is 47.1. The van der Waals surface area contributed by atoms with Crippen molar-refractivity contribution in [3.05, 3.63) is 35.9 Å². The Hall–Kier alpha value is -1.14. The summed E-state index contributed by atoms with van der Waals surface area (Å²) in [6.07, 6.45) is -5.20. The monoisotopic (exact) mass is 346 g/mol. The molecule has 0 heterocycles. The van der Waals surface area contributed by atoms with E-state index < -0.39 is 37.7 Å². The van der Waals surface area contributed by atoms with E-state index in [0.717, 1.165) is 12.5 Å². The molecule has 130 valence electrons. The highest BCUT2D eigenvalue weighted by Crippen LogP contribution is 2.45. The van der Waals surface area contributed by atoms with Gasteiger partial charge in [0, 0.05) is 6.42 Å². The lowest BCUT2D eigenvalue weighted by molar-refractivity contribution is -0.248. The molecule has 0 amide bonds. The number of rotatable bonds is 6. The molecule has 0 spiro atoms. The van der Waals surface area contributed by atoms with Crippen LogP contribution in [0.5, 0.6) is 0 Å². The van der Waals surface area contributed by atoms with Crippen molar-refractivity contribution >= 4 is 14.1 Å². The maximum absolute atomic E-state index is 13.9. The summed E-state index contributed by atoms with van der Waals surface area (Å²) in [7, 11) is -2.61. The Labute approximate surface area is 137 Å². The lowest BCUT2D eigenvalue weighted by Crippen LogP contribution is -2.60. The quantitative estimate of drug-likeness (QED) is 0.670. The molecule has 1 aromatic rings. The van der Waals surface area contributed by atoms with Gasteiger partial charge in [0.1, 0.15) is 0 Å². The highest BCUT2D eigenvalue weighted by atomic mass is 28.4. The maximum atomic E-state index is 13.9. The predicted molar refractivity (Wildman–Crippen MR) is 88.0 cm³/mol. The van der Waals surface area contributed by atoms with Crippen LogP contribution in [0.3, 0.4) is 0 Å². The van der Waals surface area contributed by atoms with Crippen molar-refractivity contribution in [3.63, 3.8) is 0 Å². The van der Waals surface area contributed by atoms with Crippen LogP contribution in [-0.4, -0.2) is 25.9 Å². The van der Waals surface area contributed by atoms with Crippen molar-refractivity contribution in [1.29, 1.82) is 0 Å². The topological polar surface area (TPSA) is 26.3 Å². The van der Waals surface area contributed by atoms with E-state index in [4.69, 9.17) is 4.43 Å². The molecule has 0 aliphatic carbocycles. The number of carbonyl (C=O) groups is 1. The van der Waals surface area contributed by atoms with Gasteiger partial charge in [0.15, 0.2) is 14.1 Å². The van der Waals surface area contributed by atoms with Gasteiger partial charge in [-0.2, -0.15) is 13.2 Å². The van der Waals surface area contributed by atoms with Crippen LogP contribution >= 0.6 is 0 Å². The normalized spacial score (nSPS) is 16.0. The van der Waals surface area contributed by atoms with Gasteiger partial charge in [-0.05, 0) is 37.5 Å². The molecule has 0 bridgehead atoms. The predicted octanol–water partition coefficient (Wildman–Crippen LogP) is 5.10. The average molecular weight is 346 g/mol. The Bertz CT molecular complexity index is 547.